The second-order valence-electron chi connectivity index (χ2n) is 7.65. The summed E-state index contributed by atoms with van der Waals surface area (Å²) in [6.45, 7) is 10.7. The van der Waals surface area contributed by atoms with E-state index in [9.17, 15) is 13.2 Å². The molecule has 0 aromatic heterocycles. The summed E-state index contributed by atoms with van der Waals surface area (Å²) in [5.41, 5.74) is 3.13. The molecule has 0 spiro atoms. The van der Waals surface area contributed by atoms with Crippen molar-refractivity contribution in [2.45, 2.75) is 37.1 Å². The lowest BCUT2D eigenvalue weighted by Gasteiger charge is -2.16. The number of halogens is 3. The Bertz CT molecular complexity index is 1090. The molecule has 6 heteroatoms. The molecule has 3 aromatic carbocycles. The average molecular weight is 473 g/mol. The number of ether oxygens (including phenoxy) is 2. The van der Waals surface area contributed by atoms with Gasteiger partial charge in [0.25, 0.3) is 0 Å². The van der Waals surface area contributed by atoms with Crippen LogP contribution in [0.2, 0.25) is 0 Å². The molecule has 0 heterocycles. The van der Waals surface area contributed by atoms with Crippen molar-refractivity contribution in [3.63, 3.8) is 0 Å². The van der Waals surface area contributed by atoms with Crippen LogP contribution in [0.5, 0.6) is 5.75 Å². The van der Waals surface area contributed by atoms with E-state index in [1.54, 1.807) is 11.8 Å². The largest absolute Gasteiger partial charge is 0.495 e. The van der Waals surface area contributed by atoms with Crippen LogP contribution in [0, 0.1) is 6.92 Å². The van der Waals surface area contributed by atoms with Gasteiger partial charge in [0, 0.05) is 10.1 Å². The molecule has 0 saturated heterocycles. The molecule has 1 atom stereocenters. The van der Waals surface area contributed by atoms with Crippen LogP contribution in [0.4, 0.5) is 13.2 Å². The molecule has 3 rings (SSSR count). The molecule has 174 valence electrons. The number of benzene rings is 3. The summed E-state index contributed by atoms with van der Waals surface area (Å²) < 4.78 is 49.6. The number of alkyl halides is 3. The van der Waals surface area contributed by atoms with E-state index >= 15 is 0 Å². The zero-order valence-electron chi connectivity index (χ0n) is 18.9. The van der Waals surface area contributed by atoms with Crippen LogP contribution >= 0.6 is 11.8 Å². The second-order valence-corrected chi connectivity index (χ2v) is 9.06. The van der Waals surface area contributed by atoms with Crippen LogP contribution in [0.25, 0.3) is 11.1 Å². The van der Waals surface area contributed by atoms with Gasteiger partial charge in [-0.3, -0.25) is 0 Å². The Morgan fingerprint density at radius 2 is 1.73 bits per heavy atom. The monoisotopic (exact) mass is 472 g/mol. The van der Waals surface area contributed by atoms with E-state index in [-0.39, 0.29) is 5.25 Å². The third-order valence-corrected chi connectivity index (χ3v) is 6.25. The first-order chi connectivity index (χ1) is 15.7. The molecule has 0 aliphatic heterocycles. The van der Waals surface area contributed by atoms with E-state index in [1.807, 2.05) is 50.2 Å². The molecule has 2 nitrogen and oxygen atoms in total. The fraction of sp³-hybridized carbons (Fsp3) is 0.259. The molecule has 33 heavy (non-hydrogen) atoms. The standard InChI is InChI=1S/C27H27F3O2S/c1-5-31-19(3)17-32-26-14-13-25(15-18(26)2)33-20(4)22-7-6-8-23(16-22)21-9-11-24(12-10-21)27(28,29)30/h6-16,20H,3,5,17H2,1-2,4H3. The predicted octanol–water partition coefficient (Wildman–Crippen LogP) is 8.46. The van der Waals surface area contributed by atoms with Gasteiger partial charge in [0.05, 0.1) is 12.2 Å². The maximum atomic E-state index is 12.8. The first kappa shape index (κ1) is 24.8. The average Bonchev–Trinajstić information content (AvgIpc) is 2.78. The molecular weight excluding hydrogens is 445 g/mol. The van der Waals surface area contributed by atoms with Gasteiger partial charge in [0.15, 0.2) is 0 Å². The van der Waals surface area contributed by atoms with Gasteiger partial charge in [-0.25, -0.2) is 0 Å². The Labute approximate surface area is 197 Å². The zero-order chi connectivity index (χ0) is 24.0. The maximum Gasteiger partial charge on any atom is 0.416 e. The minimum Gasteiger partial charge on any atom is -0.495 e. The summed E-state index contributed by atoms with van der Waals surface area (Å²) in [6.07, 6.45) is -4.33. The summed E-state index contributed by atoms with van der Waals surface area (Å²) in [4.78, 5) is 1.11. The third-order valence-electron chi connectivity index (χ3n) is 5.10. The molecule has 0 bridgehead atoms. The molecule has 0 fully saturated rings. The van der Waals surface area contributed by atoms with Gasteiger partial charge in [-0.1, -0.05) is 43.0 Å². The number of rotatable bonds is 9. The van der Waals surface area contributed by atoms with Gasteiger partial charge in [0.2, 0.25) is 0 Å². The van der Waals surface area contributed by atoms with Crippen molar-refractivity contribution in [2.24, 2.45) is 0 Å². The Balaban J connectivity index is 1.69. The Morgan fingerprint density at radius 1 is 1.00 bits per heavy atom. The smallest absolute Gasteiger partial charge is 0.416 e. The Kier molecular flexibility index (Phi) is 8.14. The highest BCUT2D eigenvalue weighted by atomic mass is 32.2. The first-order valence-electron chi connectivity index (χ1n) is 10.7. The van der Waals surface area contributed by atoms with Crippen molar-refractivity contribution in [1.82, 2.24) is 0 Å². The summed E-state index contributed by atoms with van der Waals surface area (Å²) >= 11 is 1.72. The SMILES string of the molecule is C=C(COc1ccc(SC(C)c2cccc(-c3ccc(C(F)(F)F)cc3)c2)cc1C)OCC. The molecule has 0 aliphatic carbocycles. The number of aryl methyl sites for hydroxylation is 1. The lowest BCUT2D eigenvalue weighted by molar-refractivity contribution is -0.137. The first-order valence-corrected chi connectivity index (χ1v) is 11.5. The minimum atomic E-state index is -4.33. The third kappa shape index (κ3) is 6.81. The lowest BCUT2D eigenvalue weighted by atomic mass is 10.0. The van der Waals surface area contributed by atoms with Gasteiger partial charge < -0.3 is 9.47 Å². The second kappa shape index (κ2) is 10.8. The van der Waals surface area contributed by atoms with Crippen LogP contribution in [0.1, 0.15) is 35.8 Å². The van der Waals surface area contributed by atoms with Crippen molar-refractivity contribution < 1.29 is 22.6 Å². The van der Waals surface area contributed by atoms with Gasteiger partial charge in [-0.2, -0.15) is 13.2 Å². The topological polar surface area (TPSA) is 18.5 Å². The van der Waals surface area contributed by atoms with Crippen LogP contribution in [0.3, 0.4) is 0 Å². The van der Waals surface area contributed by atoms with E-state index in [1.165, 1.54) is 12.1 Å². The zero-order valence-corrected chi connectivity index (χ0v) is 19.7. The molecule has 0 N–H and O–H groups in total. The quantitative estimate of drug-likeness (QED) is 0.230. The minimum absolute atomic E-state index is 0.156. The van der Waals surface area contributed by atoms with Crippen LogP contribution in [0.15, 0.2) is 84.0 Å². The van der Waals surface area contributed by atoms with Gasteiger partial charge >= 0.3 is 6.18 Å². The molecule has 3 aromatic rings. The van der Waals surface area contributed by atoms with Crippen LogP contribution in [-0.4, -0.2) is 13.2 Å². The van der Waals surface area contributed by atoms with Crippen molar-refractivity contribution in [1.29, 1.82) is 0 Å². The molecular formula is C27H27F3O2S. The van der Waals surface area contributed by atoms with Crippen molar-refractivity contribution in [3.8, 4) is 16.9 Å². The van der Waals surface area contributed by atoms with Crippen molar-refractivity contribution in [2.75, 3.05) is 13.2 Å². The molecule has 0 saturated carbocycles. The van der Waals surface area contributed by atoms with Crippen LogP contribution < -0.4 is 4.74 Å². The molecule has 0 amide bonds. The van der Waals surface area contributed by atoms with E-state index in [4.69, 9.17) is 9.47 Å². The fourth-order valence-corrected chi connectivity index (χ4v) is 4.44. The molecule has 0 radical (unpaired) electrons. The van der Waals surface area contributed by atoms with Crippen molar-refractivity contribution >= 4 is 11.8 Å². The van der Waals surface area contributed by atoms with E-state index < -0.39 is 11.7 Å². The van der Waals surface area contributed by atoms with E-state index in [2.05, 4.69) is 19.6 Å². The molecule has 0 aliphatic rings. The van der Waals surface area contributed by atoms with Gasteiger partial charge in [-0.05, 0) is 73.4 Å². The van der Waals surface area contributed by atoms with Crippen LogP contribution in [-0.2, 0) is 10.9 Å². The predicted molar refractivity (Wildman–Crippen MR) is 129 cm³/mol. The number of hydrogen-bond donors (Lipinski definition) is 0. The number of thioether (sulfide) groups is 1. The Morgan fingerprint density at radius 3 is 2.36 bits per heavy atom. The summed E-state index contributed by atoms with van der Waals surface area (Å²) in [7, 11) is 0. The highest BCUT2D eigenvalue weighted by molar-refractivity contribution is 7.99. The van der Waals surface area contributed by atoms with Crippen molar-refractivity contribution in [3.05, 3.63) is 95.8 Å². The summed E-state index contributed by atoms with van der Waals surface area (Å²) in [6, 6.07) is 19.2. The highest BCUT2D eigenvalue weighted by Gasteiger charge is 2.30. The Hall–Kier alpha value is -2.86. The van der Waals surface area contributed by atoms with E-state index in [0.29, 0.717) is 19.0 Å². The fourth-order valence-electron chi connectivity index (χ4n) is 3.36. The number of hydrogen-bond acceptors (Lipinski definition) is 3. The maximum absolute atomic E-state index is 12.8. The molecule has 1 unspecified atom stereocenters. The summed E-state index contributed by atoms with van der Waals surface area (Å²) in [5.74, 6) is 1.38. The van der Waals surface area contributed by atoms with E-state index in [0.717, 1.165) is 45.0 Å². The lowest BCUT2D eigenvalue weighted by Crippen LogP contribution is -2.04. The summed E-state index contributed by atoms with van der Waals surface area (Å²) in [5, 5.41) is 0.156. The normalized spacial score (nSPS) is 12.3. The van der Waals surface area contributed by atoms with Gasteiger partial charge in [-0.15, -0.1) is 11.8 Å². The highest BCUT2D eigenvalue weighted by Crippen LogP contribution is 2.38. The van der Waals surface area contributed by atoms with Gasteiger partial charge in [0.1, 0.15) is 18.1 Å².